The first kappa shape index (κ1) is 18.8. The van der Waals surface area contributed by atoms with E-state index in [1.165, 1.54) is 11.1 Å². The Morgan fingerprint density at radius 3 is 2.10 bits per heavy atom. The van der Waals surface area contributed by atoms with E-state index in [-0.39, 0.29) is 5.91 Å². The lowest BCUT2D eigenvalue weighted by Crippen LogP contribution is -2.36. The molecule has 146 valence electrons. The fourth-order valence-electron chi connectivity index (χ4n) is 3.30. The summed E-state index contributed by atoms with van der Waals surface area (Å²) in [5, 5.41) is 11.3. The van der Waals surface area contributed by atoms with E-state index in [4.69, 9.17) is 0 Å². The van der Waals surface area contributed by atoms with E-state index in [2.05, 4.69) is 44.7 Å². The first-order valence-electron chi connectivity index (χ1n) is 9.63. The van der Waals surface area contributed by atoms with Gasteiger partial charge in [-0.15, -0.1) is 10.2 Å². The number of benzene rings is 2. The van der Waals surface area contributed by atoms with Crippen LogP contribution in [0.5, 0.6) is 0 Å². The average molecular weight is 385 g/mol. The molecule has 2 aromatic carbocycles. The Balaban J connectivity index is 1.41. The molecule has 0 fully saturated rings. The van der Waals surface area contributed by atoms with E-state index in [1.54, 1.807) is 0 Å². The van der Waals surface area contributed by atoms with Crippen LogP contribution in [0.25, 0.3) is 5.65 Å². The third-order valence-corrected chi connectivity index (χ3v) is 4.69. The lowest BCUT2D eigenvalue weighted by atomic mass is 10.1. The molecule has 29 heavy (non-hydrogen) atoms. The quantitative estimate of drug-likeness (QED) is 0.506. The maximum Gasteiger partial charge on any atom is 0.234 e. The van der Waals surface area contributed by atoms with Crippen molar-refractivity contribution < 1.29 is 4.79 Å². The van der Waals surface area contributed by atoms with Gasteiger partial charge in [0.15, 0.2) is 11.5 Å². The molecule has 4 aromatic rings. The Labute approximate surface area is 169 Å². The van der Waals surface area contributed by atoms with Crippen molar-refractivity contribution in [2.45, 2.75) is 19.6 Å². The molecule has 2 heterocycles. The van der Waals surface area contributed by atoms with Crippen LogP contribution in [0.2, 0.25) is 0 Å². The van der Waals surface area contributed by atoms with Crippen molar-refractivity contribution in [3.63, 3.8) is 0 Å². The number of carbonyl (C=O) groups excluding carboxylic acids is 1. The summed E-state index contributed by atoms with van der Waals surface area (Å²) in [6.45, 7) is 2.06. The normalized spacial score (nSPS) is 11.1. The smallest absolute Gasteiger partial charge is 0.234 e. The molecule has 0 saturated carbocycles. The summed E-state index contributed by atoms with van der Waals surface area (Å²) in [5.41, 5.74) is 3.13. The first-order chi connectivity index (χ1) is 14.3. The number of aromatic nitrogens is 3. The molecule has 4 rings (SSSR count). The maximum atomic E-state index is 12.7. The van der Waals surface area contributed by atoms with Gasteiger partial charge in [0.1, 0.15) is 0 Å². The largest absolute Gasteiger partial charge is 0.348 e. The Hall–Kier alpha value is -3.51. The van der Waals surface area contributed by atoms with Crippen LogP contribution >= 0.6 is 0 Å². The SMILES string of the molecule is O=C(CN(Cc1ccccc1)Cc1ccccc1)NCc1nnc2ccccn12. The minimum Gasteiger partial charge on any atom is -0.348 e. The Bertz CT molecular complexity index is 1020. The van der Waals surface area contributed by atoms with Crippen LogP contribution in [0.15, 0.2) is 85.1 Å². The molecule has 0 unspecified atom stereocenters. The summed E-state index contributed by atoms with van der Waals surface area (Å²) in [6.07, 6.45) is 1.90. The van der Waals surface area contributed by atoms with Crippen LogP contribution in [0, 0.1) is 0 Å². The van der Waals surface area contributed by atoms with Gasteiger partial charge in [-0.2, -0.15) is 0 Å². The third-order valence-electron chi connectivity index (χ3n) is 4.69. The van der Waals surface area contributed by atoms with E-state index >= 15 is 0 Å². The highest BCUT2D eigenvalue weighted by molar-refractivity contribution is 5.77. The number of amides is 1. The fourth-order valence-corrected chi connectivity index (χ4v) is 3.30. The van der Waals surface area contributed by atoms with Gasteiger partial charge in [0, 0.05) is 19.3 Å². The monoisotopic (exact) mass is 385 g/mol. The number of nitrogens with one attached hydrogen (secondary N) is 1. The predicted octanol–water partition coefficient (Wildman–Crippen LogP) is 3.05. The van der Waals surface area contributed by atoms with Crippen LogP contribution < -0.4 is 5.32 Å². The molecule has 2 aromatic heterocycles. The molecule has 1 N–H and O–H groups in total. The maximum absolute atomic E-state index is 12.7. The van der Waals surface area contributed by atoms with Crippen molar-refractivity contribution in [1.29, 1.82) is 0 Å². The molecule has 0 spiro atoms. The van der Waals surface area contributed by atoms with Crippen molar-refractivity contribution in [3.8, 4) is 0 Å². The van der Waals surface area contributed by atoms with Crippen molar-refractivity contribution in [1.82, 2.24) is 24.8 Å². The van der Waals surface area contributed by atoms with Gasteiger partial charge in [0.2, 0.25) is 5.91 Å². The van der Waals surface area contributed by atoms with Crippen LogP contribution in [0.1, 0.15) is 17.0 Å². The number of carbonyl (C=O) groups is 1. The molecule has 0 atom stereocenters. The Morgan fingerprint density at radius 1 is 0.828 bits per heavy atom. The highest BCUT2D eigenvalue weighted by Gasteiger charge is 2.13. The van der Waals surface area contributed by atoms with Crippen LogP contribution in [-0.4, -0.2) is 31.9 Å². The van der Waals surface area contributed by atoms with E-state index in [0.717, 1.165) is 5.65 Å². The zero-order valence-electron chi connectivity index (χ0n) is 16.1. The summed E-state index contributed by atoms with van der Waals surface area (Å²) in [7, 11) is 0. The molecule has 0 aliphatic heterocycles. The molecule has 0 bridgehead atoms. The number of pyridine rings is 1. The highest BCUT2D eigenvalue weighted by Crippen LogP contribution is 2.10. The second-order valence-corrected chi connectivity index (χ2v) is 6.94. The molecule has 0 saturated heterocycles. The Morgan fingerprint density at radius 2 is 1.45 bits per heavy atom. The minimum atomic E-state index is -0.0375. The Kier molecular flexibility index (Phi) is 5.92. The van der Waals surface area contributed by atoms with Crippen molar-refractivity contribution in [3.05, 3.63) is 102 Å². The van der Waals surface area contributed by atoms with E-state index in [0.29, 0.717) is 32.0 Å². The summed E-state index contributed by atoms with van der Waals surface area (Å²) in [6, 6.07) is 26.1. The zero-order valence-corrected chi connectivity index (χ0v) is 16.1. The molecule has 0 aliphatic rings. The minimum absolute atomic E-state index is 0.0375. The van der Waals surface area contributed by atoms with Gasteiger partial charge in [-0.25, -0.2) is 0 Å². The topological polar surface area (TPSA) is 62.5 Å². The molecular formula is C23H23N5O. The number of hydrogen-bond acceptors (Lipinski definition) is 4. The number of fused-ring (bicyclic) bond motifs is 1. The second-order valence-electron chi connectivity index (χ2n) is 6.94. The van der Waals surface area contributed by atoms with Gasteiger partial charge < -0.3 is 5.32 Å². The van der Waals surface area contributed by atoms with Gasteiger partial charge in [0.25, 0.3) is 0 Å². The molecule has 1 amide bonds. The summed E-state index contributed by atoms with van der Waals surface area (Å²) in [4.78, 5) is 14.8. The van der Waals surface area contributed by atoms with E-state index in [1.807, 2.05) is 65.2 Å². The van der Waals surface area contributed by atoms with Crippen LogP contribution in [-0.2, 0) is 24.4 Å². The fraction of sp³-hybridized carbons (Fsp3) is 0.174. The van der Waals surface area contributed by atoms with Crippen LogP contribution in [0.4, 0.5) is 0 Å². The van der Waals surface area contributed by atoms with E-state index in [9.17, 15) is 4.79 Å². The standard InChI is InChI=1S/C23H23N5O/c29-23(24-15-22-26-25-21-13-7-8-14-28(21)22)18-27(16-19-9-3-1-4-10-19)17-20-11-5-2-6-12-20/h1-14H,15-18H2,(H,24,29). The van der Waals surface area contributed by atoms with Gasteiger partial charge in [-0.1, -0.05) is 66.7 Å². The van der Waals surface area contributed by atoms with Gasteiger partial charge in [-0.3, -0.25) is 14.1 Å². The first-order valence-corrected chi connectivity index (χ1v) is 9.63. The van der Waals surface area contributed by atoms with Gasteiger partial charge in [-0.05, 0) is 23.3 Å². The molecule has 0 radical (unpaired) electrons. The lowest BCUT2D eigenvalue weighted by molar-refractivity contribution is -0.122. The van der Waals surface area contributed by atoms with Gasteiger partial charge in [0.05, 0.1) is 13.1 Å². The summed E-state index contributed by atoms with van der Waals surface area (Å²) < 4.78 is 1.88. The zero-order chi connectivity index (χ0) is 19.9. The van der Waals surface area contributed by atoms with Crippen molar-refractivity contribution >= 4 is 11.6 Å². The highest BCUT2D eigenvalue weighted by atomic mass is 16.2. The average Bonchev–Trinajstić information content (AvgIpc) is 3.17. The summed E-state index contributed by atoms with van der Waals surface area (Å²) in [5.74, 6) is 0.677. The van der Waals surface area contributed by atoms with Crippen LogP contribution in [0.3, 0.4) is 0 Å². The number of nitrogens with zero attached hydrogens (tertiary/aromatic N) is 4. The number of rotatable bonds is 8. The number of hydrogen-bond donors (Lipinski definition) is 1. The molecule has 6 nitrogen and oxygen atoms in total. The van der Waals surface area contributed by atoms with Crippen molar-refractivity contribution in [2.24, 2.45) is 0 Å². The molecule has 6 heteroatoms. The predicted molar refractivity (Wildman–Crippen MR) is 112 cm³/mol. The van der Waals surface area contributed by atoms with Crippen molar-refractivity contribution in [2.75, 3.05) is 6.54 Å². The van der Waals surface area contributed by atoms with E-state index < -0.39 is 0 Å². The third kappa shape index (κ3) is 5.06. The summed E-state index contributed by atoms with van der Waals surface area (Å²) >= 11 is 0. The second kappa shape index (κ2) is 9.12. The lowest BCUT2D eigenvalue weighted by Gasteiger charge is -2.22. The van der Waals surface area contributed by atoms with Gasteiger partial charge >= 0.3 is 0 Å². The molecular weight excluding hydrogens is 362 g/mol. The molecule has 0 aliphatic carbocycles.